The fourth-order valence-corrected chi connectivity index (χ4v) is 2.68. The number of rotatable bonds is 6. The number of fused-ring (bicyclic) bond motifs is 1. The van der Waals surface area contributed by atoms with Crippen LogP contribution in [0.3, 0.4) is 0 Å². The number of nitrogens with one attached hydrogen (secondary N) is 3. The number of aromatic nitrogens is 3. The summed E-state index contributed by atoms with van der Waals surface area (Å²) in [5.41, 5.74) is 3.36. The van der Waals surface area contributed by atoms with E-state index in [0.29, 0.717) is 40.4 Å². The predicted molar refractivity (Wildman–Crippen MR) is 94.3 cm³/mol. The summed E-state index contributed by atoms with van der Waals surface area (Å²) in [5.74, 6) is 0.386. The first-order valence-corrected chi connectivity index (χ1v) is 8.41. The van der Waals surface area contributed by atoms with E-state index in [-0.39, 0.29) is 5.91 Å². The molecule has 0 unspecified atom stereocenters. The Morgan fingerprint density at radius 3 is 2.65 bits per heavy atom. The molecule has 9 nitrogen and oxygen atoms in total. The first-order valence-electron chi connectivity index (χ1n) is 7.59. The number of aromatic amines is 1. The van der Waals surface area contributed by atoms with Gasteiger partial charge in [0.05, 0.1) is 6.54 Å². The van der Waals surface area contributed by atoms with Gasteiger partial charge in [0.2, 0.25) is 0 Å². The highest BCUT2D eigenvalue weighted by Gasteiger charge is 2.08. The fourth-order valence-electron chi connectivity index (χ4n) is 2.15. The molecule has 0 spiro atoms. The summed E-state index contributed by atoms with van der Waals surface area (Å²) in [6.45, 7) is 0.626. The Balaban J connectivity index is 1.44. The molecule has 3 aromatic rings. The molecule has 4 N–H and O–H groups in total. The van der Waals surface area contributed by atoms with E-state index in [4.69, 9.17) is 9.94 Å². The van der Waals surface area contributed by atoms with Gasteiger partial charge in [0.25, 0.3) is 5.91 Å². The minimum absolute atomic E-state index is 0.222. The van der Waals surface area contributed by atoms with Crippen LogP contribution in [0.5, 0.6) is 5.75 Å². The van der Waals surface area contributed by atoms with Crippen molar-refractivity contribution < 1.29 is 19.5 Å². The van der Waals surface area contributed by atoms with Crippen molar-refractivity contribution in [2.45, 2.75) is 4.90 Å². The number of carbonyl (C=O) groups excluding carboxylic acids is 2. The third-order valence-corrected chi connectivity index (χ3v) is 4.14. The van der Waals surface area contributed by atoms with E-state index >= 15 is 0 Å². The predicted octanol–water partition coefficient (Wildman–Crippen LogP) is 1.96. The van der Waals surface area contributed by atoms with Crippen LogP contribution >= 0.6 is 11.8 Å². The van der Waals surface area contributed by atoms with E-state index in [1.165, 1.54) is 0 Å². The lowest BCUT2D eigenvalue weighted by Crippen LogP contribution is -2.28. The van der Waals surface area contributed by atoms with Gasteiger partial charge >= 0.3 is 5.24 Å². The summed E-state index contributed by atoms with van der Waals surface area (Å²) in [6, 6.07) is 11.9. The van der Waals surface area contributed by atoms with Crippen molar-refractivity contribution in [1.82, 2.24) is 26.2 Å². The van der Waals surface area contributed by atoms with Crippen molar-refractivity contribution in [1.29, 1.82) is 0 Å². The molecule has 0 fully saturated rings. The highest BCUT2D eigenvalue weighted by Crippen LogP contribution is 2.21. The third kappa shape index (κ3) is 4.49. The van der Waals surface area contributed by atoms with Crippen LogP contribution in [0, 0.1) is 0 Å². The van der Waals surface area contributed by atoms with Crippen molar-refractivity contribution in [3.05, 3.63) is 48.0 Å². The van der Waals surface area contributed by atoms with Crippen LogP contribution in [0.15, 0.2) is 47.4 Å². The average molecular weight is 373 g/mol. The molecule has 0 aliphatic rings. The third-order valence-electron chi connectivity index (χ3n) is 3.36. The molecule has 0 aliphatic heterocycles. The Morgan fingerprint density at radius 1 is 1.12 bits per heavy atom. The van der Waals surface area contributed by atoms with Crippen LogP contribution in [0.1, 0.15) is 10.4 Å². The Hall–Kier alpha value is -3.11. The summed E-state index contributed by atoms with van der Waals surface area (Å²) < 4.78 is 5.54. The lowest BCUT2D eigenvalue weighted by atomic mass is 10.2. The molecule has 26 heavy (non-hydrogen) atoms. The number of amides is 2. The van der Waals surface area contributed by atoms with Gasteiger partial charge in [-0.05, 0) is 54.2 Å². The van der Waals surface area contributed by atoms with E-state index in [2.05, 4.69) is 20.7 Å². The van der Waals surface area contributed by atoms with Gasteiger partial charge in [-0.1, -0.05) is 0 Å². The lowest BCUT2D eigenvalue weighted by Gasteiger charge is -2.08. The summed E-state index contributed by atoms with van der Waals surface area (Å²) in [6.07, 6.45) is 0. The number of H-pyrrole nitrogens is 1. The summed E-state index contributed by atoms with van der Waals surface area (Å²) in [5, 5.41) is 21.1. The molecular weight excluding hydrogens is 358 g/mol. The average Bonchev–Trinajstić information content (AvgIpc) is 3.14. The van der Waals surface area contributed by atoms with Gasteiger partial charge in [0.1, 0.15) is 23.4 Å². The Bertz CT molecular complexity index is 912. The summed E-state index contributed by atoms with van der Waals surface area (Å²) in [7, 11) is 0. The van der Waals surface area contributed by atoms with Crippen LogP contribution in [-0.2, 0) is 0 Å². The van der Waals surface area contributed by atoms with Gasteiger partial charge in [-0.15, -0.1) is 0 Å². The smallest absolute Gasteiger partial charge is 0.307 e. The zero-order valence-corrected chi connectivity index (χ0v) is 14.2. The van der Waals surface area contributed by atoms with Crippen molar-refractivity contribution in [2.24, 2.45) is 0 Å². The van der Waals surface area contributed by atoms with Crippen LogP contribution in [-0.4, -0.2) is 44.9 Å². The number of hydroxylamine groups is 1. The molecule has 1 heterocycles. The van der Waals surface area contributed by atoms with Gasteiger partial charge in [0.15, 0.2) is 0 Å². The number of thioether (sulfide) groups is 1. The molecule has 2 aromatic carbocycles. The van der Waals surface area contributed by atoms with Gasteiger partial charge in [0, 0.05) is 10.5 Å². The van der Waals surface area contributed by atoms with Gasteiger partial charge in [-0.2, -0.15) is 15.4 Å². The first-order chi connectivity index (χ1) is 12.7. The maximum Gasteiger partial charge on any atom is 0.307 e. The quantitative estimate of drug-likeness (QED) is 0.225. The molecule has 3 rings (SSSR count). The topological polar surface area (TPSA) is 129 Å². The number of nitrogens with zero attached hydrogens (tertiary/aromatic N) is 2. The van der Waals surface area contributed by atoms with Crippen LogP contribution in [0.25, 0.3) is 11.0 Å². The number of ether oxygens (including phenoxy) is 1. The molecule has 10 heteroatoms. The number of benzene rings is 2. The maximum absolute atomic E-state index is 12.1. The van der Waals surface area contributed by atoms with Gasteiger partial charge in [-0.3, -0.25) is 14.8 Å². The Kier molecular flexibility index (Phi) is 5.66. The standard InChI is InChI=1S/C16H15N5O4S/c22-15(10-1-6-13-14(9-10)19-21-18-13)17-7-8-25-11-2-4-12(5-3-11)26-16(23)20-24/h1-6,9,24H,7-8H2,(H,17,22)(H,20,23)(H,18,19,21). The molecule has 1 aromatic heterocycles. The second-order valence-corrected chi connectivity index (χ2v) is 6.15. The lowest BCUT2D eigenvalue weighted by molar-refractivity contribution is 0.0947. The molecule has 0 bridgehead atoms. The largest absolute Gasteiger partial charge is 0.492 e. The molecule has 0 radical (unpaired) electrons. The normalized spacial score (nSPS) is 10.5. The van der Waals surface area contributed by atoms with Gasteiger partial charge in [-0.25, -0.2) is 5.48 Å². The zero-order chi connectivity index (χ0) is 18.4. The number of hydrogen-bond acceptors (Lipinski definition) is 7. The highest BCUT2D eigenvalue weighted by molar-refractivity contribution is 8.13. The maximum atomic E-state index is 12.1. The molecule has 0 atom stereocenters. The fraction of sp³-hybridized carbons (Fsp3) is 0.125. The molecule has 0 saturated heterocycles. The van der Waals surface area contributed by atoms with E-state index < -0.39 is 5.24 Å². The van der Waals surface area contributed by atoms with Crippen LogP contribution < -0.4 is 15.5 Å². The van der Waals surface area contributed by atoms with Crippen molar-refractivity contribution in [3.63, 3.8) is 0 Å². The zero-order valence-electron chi connectivity index (χ0n) is 13.4. The second kappa shape index (κ2) is 8.32. The van der Waals surface area contributed by atoms with Gasteiger partial charge < -0.3 is 10.1 Å². The monoisotopic (exact) mass is 373 g/mol. The van der Waals surface area contributed by atoms with E-state index in [1.54, 1.807) is 47.9 Å². The van der Waals surface area contributed by atoms with Crippen molar-refractivity contribution >= 4 is 33.9 Å². The number of hydrogen-bond donors (Lipinski definition) is 4. The Morgan fingerprint density at radius 2 is 1.88 bits per heavy atom. The molecule has 0 aliphatic carbocycles. The summed E-state index contributed by atoms with van der Waals surface area (Å²) >= 11 is 0.859. The molecular formula is C16H15N5O4S. The van der Waals surface area contributed by atoms with Crippen molar-refractivity contribution in [2.75, 3.05) is 13.2 Å². The van der Waals surface area contributed by atoms with E-state index in [0.717, 1.165) is 11.8 Å². The molecule has 0 saturated carbocycles. The second-order valence-electron chi connectivity index (χ2n) is 5.10. The first kappa shape index (κ1) is 17.7. The van der Waals surface area contributed by atoms with Crippen LogP contribution in [0.2, 0.25) is 0 Å². The molecule has 134 valence electrons. The highest BCUT2D eigenvalue weighted by atomic mass is 32.2. The minimum atomic E-state index is -0.565. The summed E-state index contributed by atoms with van der Waals surface area (Å²) in [4.78, 5) is 23.8. The number of carbonyl (C=O) groups is 2. The SMILES string of the molecule is O=C(NO)Sc1ccc(OCCNC(=O)c2ccc3n[nH]nc3c2)cc1. The van der Waals surface area contributed by atoms with Crippen LogP contribution in [0.4, 0.5) is 4.79 Å². The van der Waals surface area contributed by atoms with E-state index in [9.17, 15) is 9.59 Å². The van der Waals surface area contributed by atoms with E-state index in [1.807, 2.05) is 0 Å². The Labute approximate surface area is 152 Å². The minimum Gasteiger partial charge on any atom is -0.492 e. The molecule has 2 amide bonds. The van der Waals surface area contributed by atoms with Crippen molar-refractivity contribution in [3.8, 4) is 5.75 Å².